The van der Waals surface area contributed by atoms with Crippen molar-refractivity contribution in [2.45, 2.75) is 31.2 Å². The highest BCUT2D eigenvalue weighted by Gasteiger charge is 2.07. The van der Waals surface area contributed by atoms with Gasteiger partial charge in [0.15, 0.2) is 0 Å². The summed E-state index contributed by atoms with van der Waals surface area (Å²) in [7, 11) is -3.65. The summed E-state index contributed by atoms with van der Waals surface area (Å²) < 4.78 is 27.6. The number of aromatic nitrogens is 2. The number of anilines is 1. The Hall–Kier alpha value is -1.93. The van der Waals surface area contributed by atoms with Crippen molar-refractivity contribution < 1.29 is 12.8 Å². The van der Waals surface area contributed by atoms with Crippen LogP contribution in [0.4, 0.5) is 6.01 Å². The SMILES string of the molecule is CCCc1nnc(NCc2ccc(S(N)(=O)=O)cc2)o1. The maximum absolute atomic E-state index is 11.1. The number of nitrogens with zero attached hydrogens (tertiary/aromatic N) is 2. The third-order valence-electron chi connectivity index (χ3n) is 2.63. The van der Waals surface area contributed by atoms with Gasteiger partial charge in [-0.1, -0.05) is 24.2 Å². The number of nitrogens with two attached hydrogens (primary N) is 1. The molecule has 1 aromatic heterocycles. The molecular weight excluding hydrogens is 280 g/mol. The molecule has 3 N–H and O–H groups in total. The highest BCUT2D eigenvalue weighted by molar-refractivity contribution is 7.89. The molecule has 2 aromatic rings. The zero-order valence-electron chi connectivity index (χ0n) is 11.0. The fourth-order valence-corrected chi connectivity index (χ4v) is 2.13. The van der Waals surface area contributed by atoms with Crippen LogP contribution in [0, 0.1) is 0 Å². The molecule has 1 aromatic carbocycles. The van der Waals surface area contributed by atoms with E-state index in [0.717, 1.165) is 18.4 Å². The number of hydrogen-bond donors (Lipinski definition) is 2. The van der Waals surface area contributed by atoms with Crippen molar-refractivity contribution >= 4 is 16.0 Å². The topological polar surface area (TPSA) is 111 Å². The third-order valence-corrected chi connectivity index (χ3v) is 3.56. The van der Waals surface area contributed by atoms with E-state index in [-0.39, 0.29) is 4.90 Å². The second-order valence-electron chi connectivity index (χ2n) is 4.29. The quantitative estimate of drug-likeness (QED) is 0.830. The Morgan fingerprint density at radius 1 is 1.25 bits per heavy atom. The van der Waals surface area contributed by atoms with Gasteiger partial charge < -0.3 is 9.73 Å². The smallest absolute Gasteiger partial charge is 0.315 e. The van der Waals surface area contributed by atoms with Crippen LogP contribution in [0.15, 0.2) is 33.6 Å². The molecular formula is C12H16N4O3S. The first-order chi connectivity index (χ1) is 9.49. The number of primary sulfonamides is 1. The van der Waals surface area contributed by atoms with Crippen LogP contribution in [0.1, 0.15) is 24.8 Å². The van der Waals surface area contributed by atoms with Crippen molar-refractivity contribution in [1.82, 2.24) is 10.2 Å². The molecule has 108 valence electrons. The number of nitrogens with one attached hydrogen (secondary N) is 1. The van der Waals surface area contributed by atoms with E-state index in [9.17, 15) is 8.42 Å². The molecule has 0 aliphatic carbocycles. The Bertz CT molecular complexity index is 664. The minimum Gasteiger partial charge on any atom is -0.408 e. The van der Waals surface area contributed by atoms with E-state index in [4.69, 9.17) is 9.56 Å². The third kappa shape index (κ3) is 3.78. The average molecular weight is 296 g/mol. The predicted octanol–water partition coefficient (Wildman–Crippen LogP) is 1.28. The van der Waals surface area contributed by atoms with Crippen molar-refractivity contribution in [3.63, 3.8) is 0 Å². The van der Waals surface area contributed by atoms with E-state index < -0.39 is 10.0 Å². The molecule has 0 unspecified atom stereocenters. The van der Waals surface area contributed by atoms with Crippen molar-refractivity contribution in [2.75, 3.05) is 5.32 Å². The first kappa shape index (κ1) is 14.5. The summed E-state index contributed by atoms with van der Waals surface area (Å²) >= 11 is 0. The summed E-state index contributed by atoms with van der Waals surface area (Å²) in [6.07, 6.45) is 1.69. The average Bonchev–Trinajstić information content (AvgIpc) is 2.84. The van der Waals surface area contributed by atoms with E-state index in [1.807, 2.05) is 6.92 Å². The molecule has 8 heteroatoms. The summed E-state index contributed by atoms with van der Waals surface area (Å²) in [5.41, 5.74) is 0.882. The normalized spacial score (nSPS) is 11.5. The van der Waals surface area contributed by atoms with Crippen LogP contribution in [-0.2, 0) is 23.0 Å². The number of hydrogen-bond acceptors (Lipinski definition) is 6. The largest absolute Gasteiger partial charge is 0.408 e. The molecule has 0 aliphatic rings. The summed E-state index contributed by atoms with van der Waals surface area (Å²) in [5.74, 6) is 0.597. The van der Waals surface area contributed by atoms with Gasteiger partial charge in [0.25, 0.3) is 0 Å². The van der Waals surface area contributed by atoms with E-state index >= 15 is 0 Å². The maximum Gasteiger partial charge on any atom is 0.315 e. The molecule has 0 amide bonds. The highest BCUT2D eigenvalue weighted by Crippen LogP contribution is 2.12. The van der Waals surface area contributed by atoms with E-state index in [2.05, 4.69) is 15.5 Å². The van der Waals surface area contributed by atoms with Gasteiger partial charge in [-0.25, -0.2) is 13.6 Å². The number of benzene rings is 1. The minimum atomic E-state index is -3.65. The number of sulfonamides is 1. The van der Waals surface area contributed by atoms with Crippen LogP contribution in [0.25, 0.3) is 0 Å². The van der Waals surface area contributed by atoms with Gasteiger partial charge in [0.2, 0.25) is 15.9 Å². The molecule has 2 rings (SSSR count). The monoisotopic (exact) mass is 296 g/mol. The van der Waals surface area contributed by atoms with Crippen molar-refractivity contribution in [3.8, 4) is 0 Å². The van der Waals surface area contributed by atoms with Crippen LogP contribution < -0.4 is 10.5 Å². The van der Waals surface area contributed by atoms with E-state index in [1.54, 1.807) is 12.1 Å². The standard InChI is InChI=1S/C12H16N4O3S/c1-2-3-11-15-16-12(19-11)14-8-9-4-6-10(7-5-9)20(13,17)18/h4-7H,2-3,8H2,1H3,(H,14,16)(H2,13,17,18). The highest BCUT2D eigenvalue weighted by atomic mass is 32.2. The van der Waals surface area contributed by atoms with Gasteiger partial charge in [0.1, 0.15) is 0 Å². The van der Waals surface area contributed by atoms with Gasteiger partial charge in [-0.15, -0.1) is 5.10 Å². The first-order valence-electron chi connectivity index (χ1n) is 6.17. The fourth-order valence-electron chi connectivity index (χ4n) is 1.61. The maximum atomic E-state index is 11.1. The second kappa shape index (κ2) is 6.02. The lowest BCUT2D eigenvalue weighted by atomic mass is 10.2. The molecule has 0 spiro atoms. The lowest BCUT2D eigenvalue weighted by Crippen LogP contribution is -2.12. The molecule has 0 fully saturated rings. The van der Waals surface area contributed by atoms with E-state index in [0.29, 0.717) is 18.5 Å². The summed E-state index contributed by atoms with van der Waals surface area (Å²) in [6, 6.07) is 6.63. The molecule has 1 heterocycles. The molecule has 0 saturated carbocycles. The fraction of sp³-hybridized carbons (Fsp3) is 0.333. The summed E-state index contributed by atoms with van der Waals surface area (Å²) in [6.45, 7) is 2.49. The Kier molecular flexibility index (Phi) is 4.35. The van der Waals surface area contributed by atoms with Gasteiger partial charge >= 0.3 is 6.01 Å². The van der Waals surface area contributed by atoms with Crippen LogP contribution in [0.5, 0.6) is 0 Å². The molecule has 0 saturated heterocycles. The van der Waals surface area contributed by atoms with Gasteiger partial charge in [0.05, 0.1) is 4.90 Å². The summed E-state index contributed by atoms with van der Waals surface area (Å²) in [4.78, 5) is 0.0873. The predicted molar refractivity (Wildman–Crippen MR) is 73.4 cm³/mol. The second-order valence-corrected chi connectivity index (χ2v) is 5.85. The lowest BCUT2D eigenvalue weighted by molar-refractivity contribution is 0.501. The zero-order valence-corrected chi connectivity index (χ0v) is 11.9. The van der Waals surface area contributed by atoms with E-state index in [1.165, 1.54) is 12.1 Å². The van der Waals surface area contributed by atoms with Gasteiger partial charge in [-0.3, -0.25) is 0 Å². The van der Waals surface area contributed by atoms with Crippen LogP contribution in [0.3, 0.4) is 0 Å². The lowest BCUT2D eigenvalue weighted by Gasteiger charge is -2.03. The van der Waals surface area contributed by atoms with Crippen LogP contribution in [-0.4, -0.2) is 18.6 Å². The van der Waals surface area contributed by atoms with Gasteiger partial charge in [-0.05, 0) is 24.1 Å². The Balaban J connectivity index is 1.96. The van der Waals surface area contributed by atoms with Crippen LogP contribution >= 0.6 is 0 Å². The van der Waals surface area contributed by atoms with Gasteiger partial charge in [-0.2, -0.15) is 0 Å². The molecule has 20 heavy (non-hydrogen) atoms. The molecule has 0 bridgehead atoms. The molecule has 0 atom stereocenters. The molecule has 0 aliphatic heterocycles. The Morgan fingerprint density at radius 2 is 1.95 bits per heavy atom. The molecule has 7 nitrogen and oxygen atoms in total. The Labute approximate surface area is 117 Å². The minimum absolute atomic E-state index is 0.0873. The molecule has 0 radical (unpaired) electrons. The first-order valence-corrected chi connectivity index (χ1v) is 7.71. The number of aryl methyl sites for hydroxylation is 1. The van der Waals surface area contributed by atoms with Crippen LogP contribution in [0.2, 0.25) is 0 Å². The zero-order chi connectivity index (χ0) is 14.6. The summed E-state index contributed by atoms with van der Waals surface area (Å²) in [5, 5.41) is 15.8. The van der Waals surface area contributed by atoms with Crippen molar-refractivity contribution in [1.29, 1.82) is 0 Å². The number of rotatable bonds is 6. The van der Waals surface area contributed by atoms with Gasteiger partial charge in [0, 0.05) is 13.0 Å². The van der Waals surface area contributed by atoms with Crippen molar-refractivity contribution in [2.24, 2.45) is 5.14 Å². The Morgan fingerprint density at radius 3 is 2.55 bits per heavy atom. The van der Waals surface area contributed by atoms with Crippen molar-refractivity contribution in [3.05, 3.63) is 35.7 Å².